The Hall–Kier alpha value is -2.21. The fourth-order valence-corrected chi connectivity index (χ4v) is 2.51. The number of nitrogens with one attached hydrogen (secondary N) is 2. The molecule has 21 heavy (non-hydrogen) atoms. The molecule has 1 saturated heterocycles. The summed E-state index contributed by atoms with van der Waals surface area (Å²) < 4.78 is 11.5. The number of urea groups is 1. The molecule has 0 saturated carbocycles. The van der Waals surface area contributed by atoms with Crippen LogP contribution in [0.5, 0.6) is 11.5 Å². The van der Waals surface area contributed by atoms with E-state index in [1.165, 1.54) is 7.11 Å². The van der Waals surface area contributed by atoms with Crippen molar-refractivity contribution in [2.24, 2.45) is 0 Å². The second kappa shape index (κ2) is 6.49. The summed E-state index contributed by atoms with van der Waals surface area (Å²) in [6, 6.07) is 2.94. The maximum atomic E-state index is 11.5. The molecule has 7 heteroatoms. The van der Waals surface area contributed by atoms with Gasteiger partial charge in [0.2, 0.25) is 0 Å². The fraction of sp³-hybridized carbons (Fsp3) is 0.143. The molecule has 1 aromatic rings. The average molecular weight is 398 g/mol. The summed E-state index contributed by atoms with van der Waals surface area (Å²) in [4.78, 5) is 22.6. The number of hydrogen-bond donors (Lipinski definition) is 2. The second-order valence-electron chi connectivity index (χ2n) is 3.99. The Morgan fingerprint density at radius 1 is 1.38 bits per heavy atom. The summed E-state index contributed by atoms with van der Waals surface area (Å²) in [6.07, 6.45) is 6.72. The van der Waals surface area contributed by atoms with Crippen molar-refractivity contribution in [2.75, 3.05) is 13.7 Å². The lowest BCUT2D eigenvalue weighted by Crippen LogP contribution is -2.22. The molecule has 0 aromatic heterocycles. The van der Waals surface area contributed by atoms with Crippen LogP contribution >= 0.6 is 22.6 Å². The van der Waals surface area contributed by atoms with E-state index in [1.807, 2.05) is 0 Å². The normalized spacial score (nSPS) is 15.4. The molecule has 1 aliphatic rings. The van der Waals surface area contributed by atoms with Gasteiger partial charge in [-0.05, 0) is 46.4 Å². The maximum Gasteiger partial charge on any atom is 0.326 e. The summed E-state index contributed by atoms with van der Waals surface area (Å²) in [7, 11) is 1.51. The van der Waals surface area contributed by atoms with Gasteiger partial charge in [-0.2, -0.15) is 0 Å². The minimum absolute atomic E-state index is 0.130. The monoisotopic (exact) mass is 398 g/mol. The van der Waals surface area contributed by atoms with Gasteiger partial charge in [-0.25, -0.2) is 4.79 Å². The molecule has 6 nitrogen and oxygen atoms in total. The SMILES string of the molecule is C#CCOc1c(I)cc(/C=C2\NC(=O)NC2=O)cc1OC. The van der Waals surface area contributed by atoms with Crippen LogP contribution in [-0.4, -0.2) is 25.7 Å². The summed E-state index contributed by atoms with van der Waals surface area (Å²) in [5, 5.41) is 4.55. The quantitative estimate of drug-likeness (QED) is 0.349. The van der Waals surface area contributed by atoms with Crippen molar-refractivity contribution in [1.29, 1.82) is 0 Å². The van der Waals surface area contributed by atoms with E-state index in [4.69, 9.17) is 15.9 Å². The number of carbonyl (C=O) groups excluding carboxylic acids is 2. The standard InChI is InChI=1S/C14H11IN2O4/c1-3-4-21-12-9(15)5-8(7-11(12)20-2)6-10-13(18)17-14(19)16-10/h1,5-7H,4H2,2H3,(H2,16,17,18,19)/b10-6-. The van der Waals surface area contributed by atoms with Gasteiger partial charge in [-0.3, -0.25) is 10.1 Å². The van der Waals surface area contributed by atoms with Crippen LogP contribution in [0.3, 0.4) is 0 Å². The van der Waals surface area contributed by atoms with Crippen LogP contribution in [0.15, 0.2) is 17.8 Å². The lowest BCUT2D eigenvalue weighted by Gasteiger charge is -2.12. The molecule has 1 aliphatic heterocycles. The Bertz CT molecular complexity index is 676. The van der Waals surface area contributed by atoms with Crippen molar-refractivity contribution in [3.8, 4) is 23.8 Å². The topological polar surface area (TPSA) is 76.7 Å². The van der Waals surface area contributed by atoms with Crippen molar-refractivity contribution < 1.29 is 19.1 Å². The van der Waals surface area contributed by atoms with E-state index in [9.17, 15) is 9.59 Å². The number of carbonyl (C=O) groups is 2. The number of ether oxygens (including phenoxy) is 2. The third-order valence-electron chi connectivity index (χ3n) is 2.58. The van der Waals surface area contributed by atoms with E-state index in [1.54, 1.807) is 18.2 Å². The Kier molecular flexibility index (Phi) is 4.70. The largest absolute Gasteiger partial charge is 0.493 e. The molecule has 3 amide bonds. The molecule has 1 aromatic carbocycles. The van der Waals surface area contributed by atoms with Gasteiger partial charge >= 0.3 is 6.03 Å². The highest BCUT2D eigenvalue weighted by atomic mass is 127. The molecule has 0 atom stereocenters. The summed E-state index contributed by atoms with van der Waals surface area (Å²) in [6.45, 7) is 0.130. The minimum Gasteiger partial charge on any atom is -0.493 e. The molecular weight excluding hydrogens is 387 g/mol. The zero-order valence-electron chi connectivity index (χ0n) is 11.0. The van der Waals surface area contributed by atoms with Gasteiger partial charge in [0.25, 0.3) is 5.91 Å². The molecule has 0 spiro atoms. The zero-order valence-corrected chi connectivity index (χ0v) is 13.2. The molecule has 2 N–H and O–H groups in total. The molecule has 0 bridgehead atoms. The lowest BCUT2D eigenvalue weighted by atomic mass is 10.1. The fourth-order valence-electron chi connectivity index (χ4n) is 1.73. The molecule has 2 rings (SSSR count). The Morgan fingerprint density at radius 2 is 2.14 bits per heavy atom. The van der Waals surface area contributed by atoms with Crippen molar-refractivity contribution in [1.82, 2.24) is 10.6 Å². The number of imide groups is 1. The van der Waals surface area contributed by atoms with Gasteiger partial charge in [-0.15, -0.1) is 6.42 Å². The van der Waals surface area contributed by atoms with E-state index < -0.39 is 11.9 Å². The van der Waals surface area contributed by atoms with E-state index >= 15 is 0 Å². The van der Waals surface area contributed by atoms with Crippen molar-refractivity contribution >= 4 is 40.6 Å². The van der Waals surface area contributed by atoms with Crippen LogP contribution in [0.1, 0.15) is 5.56 Å². The highest BCUT2D eigenvalue weighted by Gasteiger charge is 2.23. The molecule has 108 valence electrons. The Labute approximate surface area is 135 Å². The number of benzene rings is 1. The predicted octanol–water partition coefficient (Wildman–Crippen LogP) is 1.49. The number of amides is 3. The van der Waals surface area contributed by atoms with Gasteiger partial charge in [0.15, 0.2) is 11.5 Å². The van der Waals surface area contributed by atoms with E-state index in [-0.39, 0.29) is 12.3 Å². The van der Waals surface area contributed by atoms with Gasteiger partial charge in [-0.1, -0.05) is 5.92 Å². The highest BCUT2D eigenvalue weighted by molar-refractivity contribution is 14.1. The number of hydrogen-bond acceptors (Lipinski definition) is 4. The number of rotatable bonds is 4. The molecular formula is C14H11IN2O4. The molecule has 0 radical (unpaired) electrons. The van der Waals surface area contributed by atoms with Gasteiger partial charge in [0.05, 0.1) is 10.7 Å². The summed E-state index contributed by atoms with van der Waals surface area (Å²) >= 11 is 2.08. The van der Waals surface area contributed by atoms with Gasteiger partial charge in [0, 0.05) is 0 Å². The van der Waals surface area contributed by atoms with Crippen LogP contribution in [0.25, 0.3) is 6.08 Å². The van der Waals surface area contributed by atoms with Crippen LogP contribution in [-0.2, 0) is 4.79 Å². The maximum absolute atomic E-state index is 11.5. The van der Waals surface area contributed by atoms with Crippen molar-refractivity contribution in [2.45, 2.75) is 0 Å². The first-order chi connectivity index (χ1) is 10.0. The third kappa shape index (κ3) is 3.46. The van der Waals surface area contributed by atoms with Crippen molar-refractivity contribution in [3.05, 3.63) is 27.0 Å². The number of terminal acetylenes is 1. The molecule has 1 fully saturated rings. The number of halogens is 1. The van der Waals surface area contributed by atoms with E-state index in [0.717, 1.165) is 3.57 Å². The summed E-state index contributed by atoms with van der Waals surface area (Å²) in [5.74, 6) is 2.95. The van der Waals surface area contributed by atoms with E-state index in [2.05, 4.69) is 39.1 Å². The molecule has 0 unspecified atom stereocenters. The van der Waals surface area contributed by atoms with Crippen LogP contribution in [0.4, 0.5) is 4.79 Å². The number of methoxy groups -OCH3 is 1. The summed E-state index contributed by atoms with van der Waals surface area (Å²) in [5.41, 5.74) is 0.867. The van der Waals surface area contributed by atoms with Gasteiger partial charge < -0.3 is 14.8 Å². The predicted molar refractivity (Wildman–Crippen MR) is 84.7 cm³/mol. The smallest absolute Gasteiger partial charge is 0.326 e. The Morgan fingerprint density at radius 3 is 2.71 bits per heavy atom. The lowest BCUT2D eigenvalue weighted by molar-refractivity contribution is -0.115. The molecule has 0 aliphatic carbocycles. The first kappa shape index (κ1) is 15.2. The second-order valence-corrected chi connectivity index (χ2v) is 5.16. The van der Waals surface area contributed by atoms with Crippen LogP contribution in [0, 0.1) is 15.9 Å². The van der Waals surface area contributed by atoms with Crippen LogP contribution < -0.4 is 20.1 Å². The zero-order chi connectivity index (χ0) is 15.4. The van der Waals surface area contributed by atoms with E-state index in [0.29, 0.717) is 17.1 Å². The molecule has 1 heterocycles. The van der Waals surface area contributed by atoms with Gasteiger partial charge in [0.1, 0.15) is 12.3 Å². The highest BCUT2D eigenvalue weighted by Crippen LogP contribution is 2.34. The minimum atomic E-state index is -0.540. The van der Waals surface area contributed by atoms with Crippen LogP contribution in [0.2, 0.25) is 0 Å². The first-order valence-corrected chi connectivity index (χ1v) is 6.91. The first-order valence-electron chi connectivity index (χ1n) is 5.83. The van der Waals surface area contributed by atoms with Crippen molar-refractivity contribution in [3.63, 3.8) is 0 Å². The Balaban J connectivity index is 2.37. The average Bonchev–Trinajstić information content (AvgIpc) is 2.75. The third-order valence-corrected chi connectivity index (χ3v) is 3.38.